The van der Waals surface area contributed by atoms with Crippen LogP contribution in [0.2, 0.25) is 0 Å². The molecule has 0 amide bonds. The van der Waals surface area contributed by atoms with Gasteiger partial charge in [-0.3, -0.25) is 0 Å². The van der Waals surface area contributed by atoms with Crippen molar-refractivity contribution in [2.45, 2.75) is 27.2 Å². The lowest BCUT2D eigenvalue weighted by Gasteiger charge is -2.42. The second kappa shape index (κ2) is 3.82. The summed E-state index contributed by atoms with van der Waals surface area (Å²) in [5, 5.41) is 3.38. The molecule has 1 unspecified atom stereocenters. The predicted molar refractivity (Wildman–Crippen MR) is 60.4 cm³/mol. The van der Waals surface area contributed by atoms with Gasteiger partial charge in [0.2, 0.25) is 0 Å². The molecule has 1 N–H and O–H groups in total. The molecule has 2 saturated heterocycles. The highest BCUT2D eigenvalue weighted by atomic mass is 15.2. The lowest BCUT2D eigenvalue weighted by molar-refractivity contribution is 0.120. The lowest BCUT2D eigenvalue weighted by Crippen LogP contribution is -2.56. The predicted octanol–water partition coefficient (Wildman–Crippen LogP) is 1.57. The van der Waals surface area contributed by atoms with Crippen LogP contribution in [0.1, 0.15) is 27.2 Å². The molecule has 2 fully saturated rings. The third-order valence-corrected chi connectivity index (χ3v) is 3.96. The number of nitrogens with one attached hydrogen (secondary N) is 1. The Morgan fingerprint density at radius 1 is 1.43 bits per heavy atom. The van der Waals surface area contributed by atoms with Gasteiger partial charge in [-0.1, -0.05) is 20.8 Å². The summed E-state index contributed by atoms with van der Waals surface area (Å²) in [4.78, 5) is 2.67. The third-order valence-electron chi connectivity index (χ3n) is 3.96. The molecule has 0 saturated carbocycles. The monoisotopic (exact) mass is 196 g/mol. The number of nitrogens with zero attached hydrogens (tertiary/aromatic N) is 1. The Morgan fingerprint density at radius 3 is 2.57 bits per heavy atom. The van der Waals surface area contributed by atoms with Gasteiger partial charge in [0.15, 0.2) is 0 Å². The van der Waals surface area contributed by atoms with Crippen molar-refractivity contribution in [3.63, 3.8) is 0 Å². The van der Waals surface area contributed by atoms with Crippen molar-refractivity contribution in [2.24, 2.45) is 17.3 Å². The van der Waals surface area contributed by atoms with Gasteiger partial charge in [0.25, 0.3) is 0 Å². The molecule has 0 spiro atoms. The smallest absolute Gasteiger partial charge is 0.00598 e. The topological polar surface area (TPSA) is 15.3 Å². The van der Waals surface area contributed by atoms with Crippen molar-refractivity contribution in [1.82, 2.24) is 10.2 Å². The molecule has 1 atom stereocenters. The SMILES string of the molecule is CC(C)C1CCN(CC2(C)CNC2)C1. The fraction of sp³-hybridized carbons (Fsp3) is 1.00. The molecule has 0 aromatic heterocycles. The second-order valence-corrected chi connectivity index (χ2v) is 5.94. The Balaban J connectivity index is 1.78. The maximum atomic E-state index is 3.38. The van der Waals surface area contributed by atoms with E-state index in [0.29, 0.717) is 5.41 Å². The second-order valence-electron chi connectivity index (χ2n) is 5.94. The molecule has 0 radical (unpaired) electrons. The first-order valence-electron chi connectivity index (χ1n) is 6.02. The Kier molecular flexibility index (Phi) is 2.85. The van der Waals surface area contributed by atoms with Gasteiger partial charge in [0, 0.05) is 31.6 Å². The van der Waals surface area contributed by atoms with Crippen LogP contribution in [0.15, 0.2) is 0 Å². The van der Waals surface area contributed by atoms with Gasteiger partial charge in [-0.15, -0.1) is 0 Å². The van der Waals surface area contributed by atoms with Crippen molar-refractivity contribution >= 4 is 0 Å². The van der Waals surface area contributed by atoms with E-state index in [2.05, 4.69) is 31.0 Å². The normalized spacial score (nSPS) is 32.1. The zero-order chi connectivity index (χ0) is 10.2. The fourth-order valence-electron chi connectivity index (χ4n) is 2.75. The zero-order valence-electron chi connectivity index (χ0n) is 9.84. The standard InChI is InChI=1S/C12H24N2/c1-10(2)11-4-5-14(6-11)9-12(3)7-13-8-12/h10-11,13H,4-9H2,1-3H3. The van der Waals surface area contributed by atoms with Crippen LogP contribution in [-0.4, -0.2) is 37.6 Å². The highest BCUT2D eigenvalue weighted by molar-refractivity contribution is 4.92. The maximum absolute atomic E-state index is 3.38. The summed E-state index contributed by atoms with van der Waals surface area (Å²) in [5.74, 6) is 1.82. The molecular weight excluding hydrogens is 172 g/mol. The molecule has 2 rings (SSSR count). The molecule has 2 nitrogen and oxygen atoms in total. The quantitative estimate of drug-likeness (QED) is 0.737. The van der Waals surface area contributed by atoms with E-state index in [1.54, 1.807) is 0 Å². The van der Waals surface area contributed by atoms with Crippen LogP contribution in [0, 0.1) is 17.3 Å². The Labute approximate surface area is 88.1 Å². The minimum Gasteiger partial charge on any atom is -0.315 e. The third kappa shape index (κ3) is 2.12. The Hall–Kier alpha value is -0.0800. The first-order valence-corrected chi connectivity index (χ1v) is 6.02. The Morgan fingerprint density at radius 2 is 2.14 bits per heavy atom. The first-order chi connectivity index (χ1) is 6.59. The molecule has 0 bridgehead atoms. The fourth-order valence-corrected chi connectivity index (χ4v) is 2.75. The lowest BCUT2D eigenvalue weighted by atomic mass is 9.83. The number of hydrogen-bond acceptors (Lipinski definition) is 2. The van der Waals surface area contributed by atoms with Crippen LogP contribution < -0.4 is 5.32 Å². The van der Waals surface area contributed by atoms with E-state index in [1.165, 1.54) is 39.1 Å². The van der Waals surface area contributed by atoms with Crippen LogP contribution in [0.5, 0.6) is 0 Å². The molecule has 2 aliphatic heterocycles. The summed E-state index contributed by atoms with van der Waals surface area (Å²) in [7, 11) is 0. The van der Waals surface area contributed by atoms with E-state index in [0.717, 1.165) is 11.8 Å². The van der Waals surface area contributed by atoms with Crippen LogP contribution in [0.4, 0.5) is 0 Å². The summed E-state index contributed by atoms with van der Waals surface area (Å²) >= 11 is 0. The molecule has 0 aromatic carbocycles. The van der Waals surface area contributed by atoms with Gasteiger partial charge in [0.1, 0.15) is 0 Å². The highest BCUT2D eigenvalue weighted by Crippen LogP contribution is 2.28. The van der Waals surface area contributed by atoms with Crippen LogP contribution in [0.25, 0.3) is 0 Å². The van der Waals surface area contributed by atoms with Crippen molar-refractivity contribution in [3.8, 4) is 0 Å². The van der Waals surface area contributed by atoms with E-state index >= 15 is 0 Å². The van der Waals surface area contributed by atoms with E-state index in [1.807, 2.05) is 0 Å². The molecular formula is C12H24N2. The van der Waals surface area contributed by atoms with E-state index in [4.69, 9.17) is 0 Å². The van der Waals surface area contributed by atoms with E-state index < -0.39 is 0 Å². The van der Waals surface area contributed by atoms with Crippen LogP contribution >= 0.6 is 0 Å². The Bertz CT molecular complexity index is 196. The van der Waals surface area contributed by atoms with Crippen LogP contribution in [0.3, 0.4) is 0 Å². The summed E-state index contributed by atoms with van der Waals surface area (Å²) in [6, 6.07) is 0. The van der Waals surface area contributed by atoms with Gasteiger partial charge in [-0.25, -0.2) is 0 Å². The van der Waals surface area contributed by atoms with Gasteiger partial charge >= 0.3 is 0 Å². The maximum Gasteiger partial charge on any atom is 0.00598 e. The van der Waals surface area contributed by atoms with Crippen molar-refractivity contribution in [2.75, 3.05) is 32.7 Å². The van der Waals surface area contributed by atoms with E-state index in [9.17, 15) is 0 Å². The highest BCUT2D eigenvalue weighted by Gasteiger charge is 2.35. The average molecular weight is 196 g/mol. The largest absolute Gasteiger partial charge is 0.315 e. The average Bonchev–Trinajstić information content (AvgIpc) is 2.50. The molecule has 2 aliphatic rings. The van der Waals surface area contributed by atoms with Crippen molar-refractivity contribution in [1.29, 1.82) is 0 Å². The van der Waals surface area contributed by atoms with Gasteiger partial charge in [-0.05, 0) is 24.8 Å². The number of rotatable bonds is 3. The molecule has 2 heteroatoms. The van der Waals surface area contributed by atoms with Crippen molar-refractivity contribution in [3.05, 3.63) is 0 Å². The molecule has 82 valence electrons. The number of likely N-dealkylation sites (tertiary alicyclic amines) is 1. The van der Waals surface area contributed by atoms with Crippen molar-refractivity contribution < 1.29 is 0 Å². The van der Waals surface area contributed by atoms with Gasteiger partial charge in [-0.2, -0.15) is 0 Å². The zero-order valence-corrected chi connectivity index (χ0v) is 9.84. The van der Waals surface area contributed by atoms with E-state index in [-0.39, 0.29) is 0 Å². The van der Waals surface area contributed by atoms with Gasteiger partial charge < -0.3 is 10.2 Å². The summed E-state index contributed by atoms with van der Waals surface area (Å²) in [6.45, 7) is 13.5. The minimum absolute atomic E-state index is 0.575. The molecule has 2 heterocycles. The molecule has 0 aliphatic carbocycles. The minimum atomic E-state index is 0.575. The summed E-state index contributed by atoms with van der Waals surface area (Å²) < 4.78 is 0. The number of hydrogen-bond donors (Lipinski definition) is 1. The summed E-state index contributed by atoms with van der Waals surface area (Å²) in [5.41, 5.74) is 0.575. The van der Waals surface area contributed by atoms with Crippen LogP contribution in [-0.2, 0) is 0 Å². The molecule has 14 heavy (non-hydrogen) atoms. The summed E-state index contributed by atoms with van der Waals surface area (Å²) in [6.07, 6.45) is 1.42. The first kappa shape index (κ1) is 10.4. The molecule has 0 aromatic rings. The van der Waals surface area contributed by atoms with Gasteiger partial charge in [0.05, 0.1) is 0 Å².